The van der Waals surface area contributed by atoms with Gasteiger partial charge in [0.25, 0.3) is 0 Å². The van der Waals surface area contributed by atoms with Gasteiger partial charge in [0.1, 0.15) is 13.2 Å². The third-order valence-electron chi connectivity index (χ3n) is 8.74. The second-order valence-electron chi connectivity index (χ2n) is 13.6. The molecule has 0 aromatic heterocycles. The zero-order valence-electron chi connectivity index (χ0n) is 33.3. The van der Waals surface area contributed by atoms with E-state index >= 15 is 0 Å². The summed E-state index contributed by atoms with van der Waals surface area (Å²) in [5.74, 6) is 12.0. The highest BCUT2D eigenvalue weighted by molar-refractivity contribution is 5.69. The standard InChI is InChI=1S/C43H77NO7/c1-4-7-10-13-14-21-26-37-48-41(46)30-23-16-15-17-24-33-44(35-36-45)34-25-18-22-27-38-49-42(47)31-32-43(50-39-28-19-11-8-5-2)51-40-29-20-12-9-6-3/h43,45H,4-18,21-27,30-40H2,1-3H3. The molecule has 0 aromatic rings. The molecule has 0 saturated carbocycles. The fourth-order valence-corrected chi connectivity index (χ4v) is 5.51. The van der Waals surface area contributed by atoms with Crippen LogP contribution >= 0.6 is 0 Å². The van der Waals surface area contributed by atoms with E-state index in [-0.39, 0.29) is 38.2 Å². The van der Waals surface area contributed by atoms with Crippen LogP contribution in [-0.4, -0.2) is 80.9 Å². The van der Waals surface area contributed by atoms with Crippen molar-refractivity contribution in [1.82, 2.24) is 4.90 Å². The van der Waals surface area contributed by atoms with Crippen LogP contribution in [0.2, 0.25) is 0 Å². The minimum absolute atomic E-state index is 0.0491. The van der Waals surface area contributed by atoms with Gasteiger partial charge in [-0.05, 0) is 58.0 Å². The third kappa shape index (κ3) is 37.5. The van der Waals surface area contributed by atoms with Crippen molar-refractivity contribution >= 4 is 11.9 Å². The molecule has 0 saturated heterocycles. The highest BCUT2D eigenvalue weighted by atomic mass is 16.7. The molecule has 8 nitrogen and oxygen atoms in total. The number of esters is 2. The molecule has 0 amide bonds. The average molecular weight is 720 g/mol. The van der Waals surface area contributed by atoms with Crippen molar-refractivity contribution in [2.45, 2.75) is 188 Å². The lowest BCUT2D eigenvalue weighted by Crippen LogP contribution is -2.29. The number of carbonyl (C=O) groups excluding carboxylic acids is 2. The molecule has 0 bridgehead atoms. The Bertz CT molecular complexity index is 873. The number of hydrogen-bond acceptors (Lipinski definition) is 8. The van der Waals surface area contributed by atoms with Gasteiger partial charge in [-0.3, -0.25) is 9.59 Å². The quantitative estimate of drug-likeness (QED) is 0.0296. The smallest absolute Gasteiger partial charge is 0.305 e. The van der Waals surface area contributed by atoms with Gasteiger partial charge >= 0.3 is 11.9 Å². The molecule has 0 heterocycles. The van der Waals surface area contributed by atoms with Gasteiger partial charge in [0.15, 0.2) is 6.29 Å². The van der Waals surface area contributed by atoms with E-state index < -0.39 is 6.29 Å². The zero-order chi connectivity index (χ0) is 37.3. The molecule has 0 rings (SSSR count). The maximum absolute atomic E-state index is 12.4. The fourth-order valence-electron chi connectivity index (χ4n) is 5.51. The van der Waals surface area contributed by atoms with Crippen LogP contribution in [0.1, 0.15) is 181 Å². The largest absolute Gasteiger partial charge is 0.466 e. The summed E-state index contributed by atoms with van der Waals surface area (Å²) in [5, 5.41) is 9.50. The molecule has 1 N–H and O–H groups in total. The summed E-state index contributed by atoms with van der Waals surface area (Å²) in [6.45, 7) is 10.9. The van der Waals surface area contributed by atoms with Crippen LogP contribution < -0.4 is 0 Å². The first-order chi connectivity index (χ1) is 25.1. The molecular formula is C43H77NO7. The lowest BCUT2D eigenvalue weighted by Gasteiger charge is -2.21. The zero-order valence-corrected chi connectivity index (χ0v) is 33.3. The highest BCUT2D eigenvalue weighted by Crippen LogP contribution is 2.11. The van der Waals surface area contributed by atoms with E-state index in [1.165, 1.54) is 32.1 Å². The first kappa shape index (κ1) is 48.9. The van der Waals surface area contributed by atoms with Crippen LogP contribution in [0.25, 0.3) is 0 Å². The Kier molecular flexibility index (Phi) is 39.0. The van der Waals surface area contributed by atoms with Crippen molar-refractivity contribution in [2.75, 3.05) is 52.7 Å². The summed E-state index contributed by atoms with van der Waals surface area (Å²) in [7, 11) is 0. The topological polar surface area (TPSA) is 94.5 Å². The lowest BCUT2D eigenvalue weighted by molar-refractivity contribution is -0.152. The van der Waals surface area contributed by atoms with E-state index in [0.29, 0.717) is 32.6 Å². The van der Waals surface area contributed by atoms with Crippen molar-refractivity contribution in [1.29, 1.82) is 0 Å². The normalized spacial score (nSPS) is 10.9. The Morgan fingerprint density at radius 3 is 1.49 bits per heavy atom. The fraction of sp³-hybridized carbons (Fsp3) is 0.860. The monoisotopic (exact) mass is 720 g/mol. The Morgan fingerprint density at radius 2 is 0.980 bits per heavy atom. The number of unbranched alkanes of at least 4 members (excludes halogenated alkanes) is 17. The number of carbonyl (C=O) groups is 2. The summed E-state index contributed by atoms with van der Waals surface area (Å²) in [6.07, 6.45) is 24.7. The Morgan fingerprint density at radius 1 is 0.529 bits per heavy atom. The van der Waals surface area contributed by atoms with Gasteiger partial charge in [0, 0.05) is 32.2 Å². The van der Waals surface area contributed by atoms with Crippen molar-refractivity contribution in [3.05, 3.63) is 0 Å². The van der Waals surface area contributed by atoms with E-state index in [4.69, 9.17) is 18.9 Å². The number of rotatable bonds is 36. The highest BCUT2D eigenvalue weighted by Gasteiger charge is 2.13. The van der Waals surface area contributed by atoms with Crippen molar-refractivity contribution in [2.24, 2.45) is 0 Å². The van der Waals surface area contributed by atoms with Crippen molar-refractivity contribution < 1.29 is 33.6 Å². The van der Waals surface area contributed by atoms with Gasteiger partial charge in [-0.1, -0.05) is 116 Å². The van der Waals surface area contributed by atoms with E-state index in [1.54, 1.807) is 0 Å². The predicted molar refractivity (Wildman–Crippen MR) is 209 cm³/mol. The molecule has 0 radical (unpaired) electrons. The Balaban J connectivity index is 3.97. The van der Waals surface area contributed by atoms with Gasteiger partial charge in [-0.25, -0.2) is 0 Å². The van der Waals surface area contributed by atoms with E-state index in [1.807, 2.05) is 0 Å². The van der Waals surface area contributed by atoms with E-state index in [2.05, 4.69) is 49.4 Å². The van der Waals surface area contributed by atoms with E-state index in [9.17, 15) is 14.7 Å². The number of aliphatic hydroxyl groups is 1. The average Bonchev–Trinajstić information content (AvgIpc) is 3.13. The van der Waals surface area contributed by atoms with Crippen LogP contribution in [0, 0.1) is 23.7 Å². The molecule has 0 aliphatic carbocycles. The van der Waals surface area contributed by atoms with Crippen LogP contribution in [-0.2, 0) is 28.5 Å². The maximum atomic E-state index is 12.4. The van der Waals surface area contributed by atoms with Gasteiger partial charge in [0.05, 0.1) is 26.2 Å². The molecule has 51 heavy (non-hydrogen) atoms. The van der Waals surface area contributed by atoms with Crippen LogP contribution in [0.4, 0.5) is 0 Å². The molecule has 0 aliphatic heterocycles. The third-order valence-corrected chi connectivity index (χ3v) is 8.74. The van der Waals surface area contributed by atoms with Gasteiger partial charge < -0.3 is 29.0 Å². The van der Waals surface area contributed by atoms with Crippen molar-refractivity contribution in [3.63, 3.8) is 0 Å². The minimum atomic E-state index is -0.527. The number of ether oxygens (including phenoxy) is 4. The summed E-state index contributed by atoms with van der Waals surface area (Å²) >= 11 is 0. The molecular weight excluding hydrogens is 642 g/mol. The predicted octanol–water partition coefficient (Wildman–Crippen LogP) is 9.55. The van der Waals surface area contributed by atoms with Crippen LogP contribution in [0.15, 0.2) is 0 Å². The molecule has 0 aliphatic rings. The summed E-state index contributed by atoms with van der Waals surface area (Å²) in [4.78, 5) is 26.7. The van der Waals surface area contributed by atoms with E-state index in [0.717, 1.165) is 122 Å². The minimum Gasteiger partial charge on any atom is -0.466 e. The molecule has 296 valence electrons. The number of nitrogens with zero attached hydrogens (tertiary/aromatic N) is 1. The molecule has 0 fully saturated rings. The molecule has 0 unspecified atom stereocenters. The molecule has 8 heteroatoms. The van der Waals surface area contributed by atoms with Crippen LogP contribution in [0.5, 0.6) is 0 Å². The number of hydrogen-bond donors (Lipinski definition) is 1. The summed E-state index contributed by atoms with van der Waals surface area (Å²) < 4.78 is 22.4. The van der Waals surface area contributed by atoms with Crippen LogP contribution in [0.3, 0.4) is 0 Å². The Labute approximate surface area is 313 Å². The lowest BCUT2D eigenvalue weighted by atomic mass is 10.1. The molecule has 0 aromatic carbocycles. The summed E-state index contributed by atoms with van der Waals surface area (Å²) in [6, 6.07) is 0. The molecule has 0 atom stereocenters. The van der Waals surface area contributed by atoms with Gasteiger partial charge in [0.2, 0.25) is 0 Å². The van der Waals surface area contributed by atoms with Gasteiger partial charge in [-0.2, -0.15) is 0 Å². The van der Waals surface area contributed by atoms with Gasteiger partial charge in [-0.15, -0.1) is 11.8 Å². The Hall–Kier alpha value is -2.10. The maximum Gasteiger partial charge on any atom is 0.305 e. The second-order valence-corrected chi connectivity index (χ2v) is 13.6. The second kappa shape index (κ2) is 40.7. The van der Waals surface area contributed by atoms with Crippen molar-refractivity contribution in [3.8, 4) is 23.7 Å². The number of aliphatic hydroxyl groups excluding tert-OH is 1. The SMILES string of the molecule is CCCCC#CCOC(CCC(=O)OCCCCCCN(CCO)CCCCCCCC(=O)OCCCCCCCCC)OCC#CCCCC. The first-order valence-electron chi connectivity index (χ1n) is 20.9. The first-order valence-corrected chi connectivity index (χ1v) is 20.9. The molecule has 0 spiro atoms. The summed E-state index contributed by atoms with van der Waals surface area (Å²) in [5.41, 5.74) is 0.